The molecule has 3 nitrogen and oxygen atoms in total. The Kier molecular flexibility index (Phi) is 3.66. The first-order valence-electron chi connectivity index (χ1n) is 7.47. The van der Waals surface area contributed by atoms with Crippen LogP contribution in [0.4, 0.5) is 0 Å². The summed E-state index contributed by atoms with van der Waals surface area (Å²) in [6, 6.07) is 8.05. The van der Waals surface area contributed by atoms with E-state index in [-0.39, 0.29) is 5.41 Å². The molecule has 1 aliphatic carbocycles. The molecule has 112 valence electrons. The van der Waals surface area contributed by atoms with E-state index in [2.05, 4.69) is 42.9 Å². The topological polar surface area (TPSA) is 49.6 Å². The van der Waals surface area contributed by atoms with E-state index >= 15 is 0 Å². The lowest BCUT2D eigenvalue weighted by Gasteiger charge is -2.23. The number of halogens is 1. The number of hydrogen-bond donors (Lipinski definition) is 0. The summed E-state index contributed by atoms with van der Waals surface area (Å²) in [5.74, 6) is 0.594. The average Bonchev–Trinajstić information content (AvgIpc) is 3.29. The normalized spacial score (nSPS) is 14.7. The van der Waals surface area contributed by atoms with Gasteiger partial charge in [0.1, 0.15) is 5.15 Å². The van der Waals surface area contributed by atoms with Gasteiger partial charge < -0.3 is 0 Å². The minimum absolute atomic E-state index is 0.196. The lowest BCUT2D eigenvalue weighted by Crippen LogP contribution is -2.16. The zero-order valence-electron chi connectivity index (χ0n) is 13.0. The number of aromatic nitrogens is 2. The van der Waals surface area contributed by atoms with Crippen LogP contribution in [0.5, 0.6) is 0 Å². The molecule has 0 amide bonds. The summed E-state index contributed by atoms with van der Waals surface area (Å²) in [6.07, 6.45) is 4.08. The second-order valence-corrected chi connectivity index (χ2v) is 7.21. The molecule has 0 aliphatic heterocycles. The summed E-state index contributed by atoms with van der Waals surface area (Å²) < 4.78 is 0. The van der Waals surface area contributed by atoms with Gasteiger partial charge in [-0.15, -0.1) is 0 Å². The maximum Gasteiger partial charge on any atom is 0.130 e. The van der Waals surface area contributed by atoms with Crippen molar-refractivity contribution in [2.24, 2.45) is 0 Å². The molecule has 0 unspecified atom stereocenters. The van der Waals surface area contributed by atoms with Crippen molar-refractivity contribution in [3.8, 4) is 17.5 Å². The van der Waals surface area contributed by atoms with Gasteiger partial charge in [0.05, 0.1) is 23.0 Å². The van der Waals surface area contributed by atoms with E-state index in [0.717, 1.165) is 17.0 Å². The first kappa shape index (κ1) is 15.0. The van der Waals surface area contributed by atoms with Gasteiger partial charge in [0.2, 0.25) is 0 Å². The van der Waals surface area contributed by atoms with Crippen LogP contribution in [0.15, 0.2) is 24.4 Å². The highest BCUT2D eigenvalue weighted by atomic mass is 35.5. The van der Waals surface area contributed by atoms with Crippen molar-refractivity contribution in [2.75, 3.05) is 0 Å². The summed E-state index contributed by atoms with van der Waals surface area (Å²) in [4.78, 5) is 8.97. The quantitative estimate of drug-likeness (QED) is 0.745. The van der Waals surface area contributed by atoms with Crippen molar-refractivity contribution < 1.29 is 0 Å². The van der Waals surface area contributed by atoms with Crippen LogP contribution >= 0.6 is 11.6 Å². The molecule has 1 fully saturated rings. The van der Waals surface area contributed by atoms with E-state index in [4.69, 9.17) is 11.6 Å². The van der Waals surface area contributed by atoms with Gasteiger partial charge in [0.15, 0.2) is 0 Å². The van der Waals surface area contributed by atoms with Gasteiger partial charge in [-0.1, -0.05) is 32.4 Å². The summed E-state index contributed by atoms with van der Waals surface area (Å²) in [5, 5.41) is 9.93. The first-order valence-corrected chi connectivity index (χ1v) is 7.85. The Hall–Kier alpha value is -1.92. The van der Waals surface area contributed by atoms with Crippen LogP contribution in [-0.4, -0.2) is 9.97 Å². The molecule has 0 radical (unpaired) electrons. The lowest BCUT2D eigenvalue weighted by atomic mass is 9.82. The second-order valence-electron chi connectivity index (χ2n) is 6.83. The fraction of sp³-hybridized carbons (Fsp3) is 0.389. The maximum absolute atomic E-state index is 9.44. The van der Waals surface area contributed by atoms with Crippen molar-refractivity contribution in [1.29, 1.82) is 5.26 Å². The largest absolute Gasteiger partial charge is 0.254 e. The van der Waals surface area contributed by atoms with E-state index in [9.17, 15) is 5.26 Å². The molecule has 2 aromatic heterocycles. The molecule has 0 spiro atoms. The molecule has 0 N–H and O–H groups in total. The molecule has 22 heavy (non-hydrogen) atoms. The highest BCUT2D eigenvalue weighted by molar-refractivity contribution is 6.29. The Morgan fingerprint density at radius 1 is 1.27 bits per heavy atom. The molecule has 0 saturated heterocycles. The summed E-state index contributed by atoms with van der Waals surface area (Å²) >= 11 is 6.21. The monoisotopic (exact) mass is 311 g/mol. The Labute approximate surface area is 136 Å². The average molecular weight is 312 g/mol. The predicted octanol–water partition coefficient (Wildman–Crippen LogP) is 4.84. The van der Waals surface area contributed by atoms with Crippen LogP contribution in [-0.2, 0) is 5.41 Å². The second kappa shape index (κ2) is 5.37. The number of pyridine rings is 2. The highest BCUT2D eigenvalue weighted by Gasteiger charge is 2.27. The molecular weight excluding hydrogens is 294 g/mol. The minimum Gasteiger partial charge on any atom is -0.254 e. The van der Waals surface area contributed by atoms with Gasteiger partial charge in [-0.2, -0.15) is 5.26 Å². The first-order chi connectivity index (χ1) is 10.4. The Balaban J connectivity index is 2.22. The number of nitriles is 1. The van der Waals surface area contributed by atoms with E-state index in [0.29, 0.717) is 16.6 Å². The predicted molar refractivity (Wildman–Crippen MR) is 87.9 cm³/mol. The third kappa shape index (κ3) is 2.84. The number of hydrogen-bond acceptors (Lipinski definition) is 3. The zero-order chi connectivity index (χ0) is 15.9. The molecule has 4 heteroatoms. The Bertz CT molecular complexity index is 765. The van der Waals surface area contributed by atoms with Crippen molar-refractivity contribution in [3.63, 3.8) is 0 Å². The molecule has 3 rings (SSSR count). The van der Waals surface area contributed by atoms with E-state index in [1.165, 1.54) is 18.4 Å². The molecular formula is C18H18ClN3. The highest BCUT2D eigenvalue weighted by Crippen LogP contribution is 2.42. The number of rotatable bonds is 2. The van der Waals surface area contributed by atoms with Crippen LogP contribution < -0.4 is 0 Å². The summed E-state index contributed by atoms with van der Waals surface area (Å²) in [6.45, 7) is 6.25. The van der Waals surface area contributed by atoms with Crippen molar-refractivity contribution in [1.82, 2.24) is 9.97 Å². The van der Waals surface area contributed by atoms with Crippen LogP contribution in [0, 0.1) is 11.3 Å². The SMILES string of the molecule is CC(C)(C)c1c(C#N)ccnc1-c1cc(C2CC2)cc(Cl)n1. The molecule has 0 atom stereocenters. The summed E-state index contributed by atoms with van der Waals surface area (Å²) in [5.41, 5.74) is 4.12. The van der Waals surface area contributed by atoms with Crippen molar-refractivity contribution >= 4 is 11.6 Å². The van der Waals surface area contributed by atoms with Gasteiger partial charge >= 0.3 is 0 Å². The van der Waals surface area contributed by atoms with Gasteiger partial charge in [-0.25, -0.2) is 4.98 Å². The summed E-state index contributed by atoms with van der Waals surface area (Å²) in [7, 11) is 0. The molecule has 1 saturated carbocycles. The van der Waals surface area contributed by atoms with E-state index < -0.39 is 0 Å². The molecule has 2 heterocycles. The van der Waals surface area contributed by atoms with Crippen LogP contribution in [0.3, 0.4) is 0 Å². The van der Waals surface area contributed by atoms with Gasteiger partial charge in [0.25, 0.3) is 0 Å². The van der Waals surface area contributed by atoms with Gasteiger partial charge in [0, 0.05) is 11.8 Å². The third-order valence-electron chi connectivity index (χ3n) is 3.93. The molecule has 2 aromatic rings. The van der Waals surface area contributed by atoms with Crippen LogP contribution in [0.1, 0.15) is 56.2 Å². The fourth-order valence-electron chi connectivity index (χ4n) is 2.80. The Morgan fingerprint density at radius 2 is 2.00 bits per heavy atom. The zero-order valence-corrected chi connectivity index (χ0v) is 13.8. The maximum atomic E-state index is 9.44. The standard InChI is InChI=1S/C18H18ClN3/c1-18(2,3)16-12(10-20)6-7-21-17(16)14-8-13(11-4-5-11)9-15(19)22-14/h6-9,11H,4-5H2,1-3H3. The van der Waals surface area contributed by atoms with E-state index in [1.807, 2.05) is 6.07 Å². The van der Waals surface area contributed by atoms with E-state index in [1.54, 1.807) is 12.3 Å². The Morgan fingerprint density at radius 3 is 2.59 bits per heavy atom. The lowest BCUT2D eigenvalue weighted by molar-refractivity contribution is 0.587. The fourth-order valence-corrected chi connectivity index (χ4v) is 3.02. The molecule has 1 aliphatic rings. The molecule has 0 bridgehead atoms. The van der Waals surface area contributed by atoms with Gasteiger partial charge in [-0.05, 0) is 47.9 Å². The van der Waals surface area contributed by atoms with Crippen LogP contribution in [0.25, 0.3) is 11.4 Å². The van der Waals surface area contributed by atoms with Crippen molar-refractivity contribution in [2.45, 2.75) is 44.9 Å². The van der Waals surface area contributed by atoms with Gasteiger partial charge in [-0.3, -0.25) is 4.98 Å². The number of nitrogens with zero attached hydrogens (tertiary/aromatic N) is 3. The smallest absolute Gasteiger partial charge is 0.130 e. The minimum atomic E-state index is -0.196. The van der Waals surface area contributed by atoms with Crippen molar-refractivity contribution in [3.05, 3.63) is 46.2 Å². The molecule has 0 aromatic carbocycles. The third-order valence-corrected chi connectivity index (χ3v) is 4.12. The van der Waals surface area contributed by atoms with Crippen LogP contribution in [0.2, 0.25) is 5.15 Å².